The van der Waals surface area contributed by atoms with Crippen molar-refractivity contribution in [2.24, 2.45) is 0 Å². The Morgan fingerprint density at radius 3 is 2.48 bits per heavy atom. The molecule has 1 rings (SSSR count). The van der Waals surface area contributed by atoms with Crippen LogP contribution in [0.3, 0.4) is 0 Å². The van der Waals surface area contributed by atoms with E-state index in [1.54, 1.807) is 0 Å². The summed E-state index contributed by atoms with van der Waals surface area (Å²) < 4.78 is 43.2. The van der Waals surface area contributed by atoms with Crippen molar-refractivity contribution in [3.63, 3.8) is 0 Å². The summed E-state index contributed by atoms with van der Waals surface area (Å²) in [7, 11) is 1.10. The number of carbonyl (C=O) groups excluding carboxylic acids is 1. The number of carbonyl (C=O) groups is 1. The minimum absolute atomic E-state index is 0.124. The number of methoxy groups -OCH3 is 1. The first-order chi connectivity index (χ1) is 9.66. The molecule has 118 valence electrons. The van der Waals surface area contributed by atoms with E-state index in [2.05, 4.69) is 10.1 Å². The smallest absolute Gasteiger partial charge is 0.419 e. The quantitative estimate of drug-likeness (QED) is 0.765. The molecule has 0 spiro atoms. The third-order valence-electron chi connectivity index (χ3n) is 2.80. The maximum absolute atomic E-state index is 12.9. The number of rotatable bonds is 5. The number of ether oxygens (including phenoxy) is 1. The molecule has 0 heterocycles. The molecule has 0 saturated carbocycles. The Kier molecular flexibility index (Phi) is 5.56. The first-order valence-corrected chi connectivity index (χ1v) is 6.02. The summed E-state index contributed by atoms with van der Waals surface area (Å²) in [4.78, 5) is 10.7. The Balaban J connectivity index is 3.00. The van der Waals surface area contributed by atoms with Gasteiger partial charge < -0.3 is 20.3 Å². The molecule has 1 aromatic carbocycles. The second-order valence-corrected chi connectivity index (χ2v) is 4.41. The lowest BCUT2D eigenvalue weighted by molar-refractivity contribution is -0.138. The first kappa shape index (κ1) is 17.3. The van der Waals surface area contributed by atoms with E-state index in [0.717, 1.165) is 13.2 Å². The van der Waals surface area contributed by atoms with E-state index in [1.165, 1.54) is 13.0 Å². The Labute approximate surface area is 119 Å². The molecular formula is C13H16F3NO4. The Bertz CT molecular complexity index is 505. The summed E-state index contributed by atoms with van der Waals surface area (Å²) in [5, 5.41) is 21.8. The van der Waals surface area contributed by atoms with E-state index in [4.69, 9.17) is 0 Å². The van der Waals surface area contributed by atoms with Gasteiger partial charge in [0.15, 0.2) is 0 Å². The fourth-order valence-corrected chi connectivity index (χ4v) is 1.71. The molecule has 2 unspecified atom stereocenters. The zero-order valence-electron chi connectivity index (χ0n) is 11.4. The number of hydrogen-bond donors (Lipinski definition) is 3. The molecule has 0 radical (unpaired) electrons. The topological polar surface area (TPSA) is 78.8 Å². The van der Waals surface area contributed by atoms with Crippen LogP contribution in [0.25, 0.3) is 0 Å². The van der Waals surface area contributed by atoms with Gasteiger partial charge in [0, 0.05) is 13.5 Å². The van der Waals surface area contributed by atoms with Crippen LogP contribution in [0.15, 0.2) is 18.2 Å². The fourth-order valence-electron chi connectivity index (χ4n) is 1.71. The van der Waals surface area contributed by atoms with Gasteiger partial charge in [0.25, 0.3) is 0 Å². The third-order valence-corrected chi connectivity index (χ3v) is 2.80. The molecule has 0 aliphatic rings. The zero-order chi connectivity index (χ0) is 16.2. The summed E-state index contributed by atoms with van der Waals surface area (Å²) in [5.41, 5.74) is -1.17. The van der Waals surface area contributed by atoms with Crippen molar-refractivity contribution in [2.45, 2.75) is 25.3 Å². The second kappa shape index (κ2) is 6.77. The van der Waals surface area contributed by atoms with Crippen molar-refractivity contribution in [2.75, 3.05) is 13.7 Å². The SMILES string of the molecule is COc1ccc(C(O)C(O)CNC(C)=O)cc1C(F)(F)F. The third kappa shape index (κ3) is 4.61. The highest BCUT2D eigenvalue weighted by molar-refractivity contribution is 5.72. The van der Waals surface area contributed by atoms with Crippen LogP contribution in [-0.4, -0.2) is 35.9 Å². The van der Waals surface area contributed by atoms with Gasteiger partial charge in [-0.15, -0.1) is 0 Å². The predicted molar refractivity (Wildman–Crippen MR) is 67.6 cm³/mol. The molecule has 0 bridgehead atoms. The number of alkyl halides is 3. The van der Waals surface area contributed by atoms with Crippen molar-refractivity contribution >= 4 is 5.91 Å². The van der Waals surface area contributed by atoms with E-state index in [-0.39, 0.29) is 17.9 Å². The Hall–Kier alpha value is -1.80. The van der Waals surface area contributed by atoms with Gasteiger partial charge in [0.1, 0.15) is 18.0 Å². The van der Waals surface area contributed by atoms with Crippen molar-refractivity contribution < 1.29 is 32.9 Å². The van der Waals surface area contributed by atoms with Crippen LogP contribution >= 0.6 is 0 Å². The van der Waals surface area contributed by atoms with Gasteiger partial charge in [-0.25, -0.2) is 0 Å². The van der Waals surface area contributed by atoms with E-state index in [0.29, 0.717) is 6.07 Å². The lowest BCUT2D eigenvalue weighted by atomic mass is 10.0. The van der Waals surface area contributed by atoms with Gasteiger partial charge in [-0.3, -0.25) is 4.79 Å². The number of hydrogen-bond acceptors (Lipinski definition) is 4. The Morgan fingerprint density at radius 1 is 1.38 bits per heavy atom. The molecule has 0 aliphatic carbocycles. The second-order valence-electron chi connectivity index (χ2n) is 4.41. The van der Waals surface area contributed by atoms with Crippen LogP contribution in [0.5, 0.6) is 5.75 Å². The average molecular weight is 307 g/mol. The molecule has 8 heteroatoms. The van der Waals surface area contributed by atoms with Gasteiger partial charge in [0.2, 0.25) is 5.91 Å². The van der Waals surface area contributed by atoms with Crippen molar-refractivity contribution in [3.8, 4) is 5.75 Å². The summed E-state index contributed by atoms with van der Waals surface area (Å²) in [6, 6.07) is 2.99. The van der Waals surface area contributed by atoms with Gasteiger partial charge in [-0.05, 0) is 17.7 Å². The highest BCUT2D eigenvalue weighted by Gasteiger charge is 2.35. The molecule has 0 saturated heterocycles. The van der Waals surface area contributed by atoms with E-state index >= 15 is 0 Å². The van der Waals surface area contributed by atoms with Crippen molar-refractivity contribution in [1.29, 1.82) is 0 Å². The molecule has 1 amide bonds. The highest BCUT2D eigenvalue weighted by Crippen LogP contribution is 2.37. The largest absolute Gasteiger partial charge is 0.496 e. The van der Waals surface area contributed by atoms with Gasteiger partial charge in [-0.1, -0.05) is 6.07 Å². The number of benzene rings is 1. The molecule has 0 aliphatic heterocycles. The maximum atomic E-state index is 12.9. The van der Waals surface area contributed by atoms with E-state index in [9.17, 15) is 28.2 Å². The van der Waals surface area contributed by atoms with Crippen LogP contribution < -0.4 is 10.1 Å². The predicted octanol–water partition coefficient (Wildman–Crippen LogP) is 1.24. The molecule has 0 fully saturated rings. The van der Waals surface area contributed by atoms with Gasteiger partial charge >= 0.3 is 6.18 Å². The minimum Gasteiger partial charge on any atom is -0.496 e. The molecular weight excluding hydrogens is 291 g/mol. The molecule has 3 N–H and O–H groups in total. The lowest BCUT2D eigenvalue weighted by Gasteiger charge is -2.20. The minimum atomic E-state index is -4.65. The maximum Gasteiger partial charge on any atom is 0.419 e. The van der Waals surface area contributed by atoms with E-state index < -0.39 is 29.9 Å². The zero-order valence-corrected chi connectivity index (χ0v) is 11.4. The number of amides is 1. The van der Waals surface area contributed by atoms with Crippen LogP contribution in [0.2, 0.25) is 0 Å². The van der Waals surface area contributed by atoms with Crippen LogP contribution in [-0.2, 0) is 11.0 Å². The van der Waals surface area contributed by atoms with Crippen LogP contribution in [0.4, 0.5) is 13.2 Å². The number of aliphatic hydroxyl groups excluding tert-OH is 2. The van der Waals surface area contributed by atoms with Gasteiger partial charge in [-0.2, -0.15) is 13.2 Å². The van der Waals surface area contributed by atoms with Crippen molar-refractivity contribution in [3.05, 3.63) is 29.3 Å². The number of aliphatic hydroxyl groups is 2. The summed E-state index contributed by atoms with van der Waals surface area (Å²) in [5.74, 6) is -0.804. The molecule has 1 aromatic rings. The summed E-state index contributed by atoms with van der Waals surface area (Å²) in [6.45, 7) is 0.943. The normalized spacial score (nSPS) is 14.4. The lowest BCUT2D eigenvalue weighted by Crippen LogP contribution is -2.34. The average Bonchev–Trinajstić information content (AvgIpc) is 2.42. The molecule has 2 atom stereocenters. The first-order valence-electron chi connectivity index (χ1n) is 6.02. The number of nitrogens with one attached hydrogen (secondary N) is 1. The summed E-state index contributed by atoms with van der Waals surface area (Å²) in [6.07, 6.45) is -7.64. The molecule has 21 heavy (non-hydrogen) atoms. The van der Waals surface area contributed by atoms with Crippen LogP contribution in [0, 0.1) is 0 Å². The highest BCUT2D eigenvalue weighted by atomic mass is 19.4. The molecule has 0 aromatic heterocycles. The summed E-state index contributed by atoms with van der Waals surface area (Å²) >= 11 is 0. The van der Waals surface area contributed by atoms with Crippen LogP contribution in [0.1, 0.15) is 24.2 Å². The van der Waals surface area contributed by atoms with Crippen molar-refractivity contribution in [1.82, 2.24) is 5.32 Å². The van der Waals surface area contributed by atoms with Gasteiger partial charge in [0.05, 0.1) is 12.7 Å². The number of halogens is 3. The standard InChI is InChI=1S/C13H16F3NO4/c1-7(18)17-6-10(19)12(20)8-3-4-11(21-2)9(5-8)13(14,15)16/h3-5,10,12,19-20H,6H2,1-2H3,(H,17,18). The van der Waals surface area contributed by atoms with E-state index in [1.807, 2.05) is 0 Å². The molecule has 5 nitrogen and oxygen atoms in total. The Morgan fingerprint density at radius 2 is 2.00 bits per heavy atom. The monoisotopic (exact) mass is 307 g/mol. The fraction of sp³-hybridized carbons (Fsp3) is 0.462.